The van der Waals surface area contributed by atoms with E-state index in [9.17, 15) is 15.3 Å². The van der Waals surface area contributed by atoms with Crippen molar-refractivity contribution in [2.75, 3.05) is 13.7 Å². The molecule has 1 aliphatic heterocycles. The number of benzene rings is 4. The molecular formula is C33H34O7. The number of methoxy groups -OCH3 is 1. The van der Waals surface area contributed by atoms with E-state index < -0.39 is 36.3 Å². The van der Waals surface area contributed by atoms with E-state index >= 15 is 0 Å². The summed E-state index contributed by atoms with van der Waals surface area (Å²) >= 11 is 0. The Hall–Kier alpha value is -3.56. The lowest BCUT2D eigenvalue weighted by Gasteiger charge is -2.42. The fraction of sp³-hybridized carbons (Fsp3) is 0.273. The lowest BCUT2D eigenvalue weighted by atomic mass is 9.80. The standard InChI is InChI=1S/C33H34O7/c1-37-27-19-17-23(18-20-27)21-38-31-29(34)28(40-32(36)30(31)35)22-39-33(24-11-5-2-6-12-24,25-13-7-3-8-14-25)26-15-9-4-10-16-26/h2-20,28-32,34-36H,21-22H2,1H3/t28-,29-,30-,31+,32+/m1/s1. The fourth-order valence-corrected chi connectivity index (χ4v) is 5.14. The van der Waals surface area contributed by atoms with E-state index in [1.807, 2.05) is 103 Å². The normalized spacial score (nSPS) is 23.1. The monoisotopic (exact) mass is 542 g/mol. The highest BCUT2D eigenvalue weighted by Gasteiger charge is 2.46. The summed E-state index contributed by atoms with van der Waals surface area (Å²) in [5.41, 5.74) is 2.47. The summed E-state index contributed by atoms with van der Waals surface area (Å²) in [4.78, 5) is 0. The van der Waals surface area contributed by atoms with Crippen LogP contribution in [0.25, 0.3) is 0 Å². The number of aliphatic hydroxyl groups is 3. The van der Waals surface area contributed by atoms with Crippen molar-refractivity contribution in [3.63, 3.8) is 0 Å². The quantitative estimate of drug-likeness (QED) is 0.260. The predicted octanol–water partition coefficient (Wildman–Crippen LogP) is 4.03. The van der Waals surface area contributed by atoms with Crippen molar-refractivity contribution in [1.82, 2.24) is 0 Å². The first-order chi connectivity index (χ1) is 19.5. The van der Waals surface area contributed by atoms with Gasteiger partial charge in [0, 0.05) is 0 Å². The Labute approximate surface area is 234 Å². The van der Waals surface area contributed by atoms with Crippen LogP contribution >= 0.6 is 0 Å². The van der Waals surface area contributed by atoms with E-state index in [1.165, 1.54) is 0 Å². The second-order valence-corrected chi connectivity index (χ2v) is 9.76. The van der Waals surface area contributed by atoms with Gasteiger partial charge in [0.2, 0.25) is 0 Å². The molecule has 0 aliphatic carbocycles. The average Bonchev–Trinajstić information content (AvgIpc) is 3.02. The van der Waals surface area contributed by atoms with Gasteiger partial charge in [-0.1, -0.05) is 103 Å². The van der Waals surface area contributed by atoms with Crippen LogP contribution in [0.15, 0.2) is 115 Å². The first-order valence-corrected chi connectivity index (χ1v) is 13.3. The second-order valence-electron chi connectivity index (χ2n) is 9.76. The SMILES string of the molecule is COc1ccc(CO[C@@H]2[C@@H](O)[C@@H](O)O[C@H](COC(c3ccccc3)(c3ccccc3)c3ccccc3)[C@H]2O)cc1. The zero-order valence-electron chi connectivity index (χ0n) is 22.2. The molecule has 5 atom stereocenters. The van der Waals surface area contributed by atoms with Crippen LogP contribution < -0.4 is 4.74 Å². The molecule has 4 aromatic rings. The summed E-state index contributed by atoms with van der Waals surface area (Å²) < 4.78 is 23.5. The van der Waals surface area contributed by atoms with E-state index in [0.29, 0.717) is 5.75 Å². The highest BCUT2D eigenvalue weighted by Crippen LogP contribution is 2.41. The van der Waals surface area contributed by atoms with Gasteiger partial charge < -0.3 is 34.3 Å². The molecule has 0 spiro atoms. The Bertz CT molecular complexity index is 1220. The maximum Gasteiger partial charge on any atom is 0.184 e. The van der Waals surface area contributed by atoms with Crippen LogP contribution in [0.4, 0.5) is 0 Å². The molecule has 208 valence electrons. The molecule has 3 N–H and O–H groups in total. The molecule has 1 heterocycles. The van der Waals surface area contributed by atoms with Gasteiger partial charge in [-0.3, -0.25) is 0 Å². The highest BCUT2D eigenvalue weighted by atomic mass is 16.7. The maximum atomic E-state index is 11.3. The largest absolute Gasteiger partial charge is 0.497 e. The van der Waals surface area contributed by atoms with E-state index in [1.54, 1.807) is 19.2 Å². The number of hydrogen-bond donors (Lipinski definition) is 3. The first-order valence-electron chi connectivity index (χ1n) is 13.3. The van der Waals surface area contributed by atoms with Gasteiger partial charge in [0.25, 0.3) is 0 Å². The molecular weight excluding hydrogens is 508 g/mol. The molecule has 7 heteroatoms. The van der Waals surface area contributed by atoms with Crippen molar-refractivity contribution >= 4 is 0 Å². The maximum absolute atomic E-state index is 11.3. The van der Waals surface area contributed by atoms with E-state index in [2.05, 4.69) is 0 Å². The van der Waals surface area contributed by atoms with Crippen LogP contribution in [0, 0.1) is 0 Å². The zero-order chi connectivity index (χ0) is 28.0. The molecule has 0 bridgehead atoms. The summed E-state index contributed by atoms with van der Waals surface area (Å²) in [5.74, 6) is 0.709. The van der Waals surface area contributed by atoms with Crippen LogP contribution in [0.3, 0.4) is 0 Å². The summed E-state index contributed by atoms with van der Waals surface area (Å²) in [5, 5.41) is 32.4. The Kier molecular flexibility index (Phi) is 8.91. The molecule has 1 fully saturated rings. The number of ether oxygens (including phenoxy) is 4. The molecule has 40 heavy (non-hydrogen) atoms. The van der Waals surface area contributed by atoms with Gasteiger partial charge in [0.1, 0.15) is 35.8 Å². The Morgan fingerprint density at radius 1 is 0.675 bits per heavy atom. The van der Waals surface area contributed by atoms with Crippen molar-refractivity contribution in [3.05, 3.63) is 138 Å². The van der Waals surface area contributed by atoms with Crippen molar-refractivity contribution < 1.29 is 34.3 Å². The van der Waals surface area contributed by atoms with Crippen molar-refractivity contribution in [1.29, 1.82) is 0 Å². The predicted molar refractivity (Wildman–Crippen MR) is 150 cm³/mol. The summed E-state index contributed by atoms with van der Waals surface area (Å²) in [6.07, 6.45) is -6.34. The zero-order valence-corrected chi connectivity index (χ0v) is 22.2. The Morgan fingerprint density at radius 3 is 1.65 bits per heavy atom. The lowest BCUT2D eigenvalue weighted by molar-refractivity contribution is -0.300. The second kappa shape index (κ2) is 12.7. The van der Waals surface area contributed by atoms with Crippen LogP contribution in [0.5, 0.6) is 5.75 Å². The smallest absolute Gasteiger partial charge is 0.184 e. The molecule has 0 amide bonds. The third kappa shape index (κ3) is 5.81. The third-order valence-electron chi connectivity index (χ3n) is 7.27. The summed E-state index contributed by atoms with van der Waals surface area (Å²) in [6.45, 7) is 0.0249. The minimum absolute atomic E-state index is 0.0912. The molecule has 5 rings (SSSR count). The van der Waals surface area contributed by atoms with Gasteiger partial charge in [-0.25, -0.2) is 0 Å². The number of rotatable bonds is 10. The van der Waals surface area contributed by atoms with Crippen LogP contribution in [-0.2, 0) is 26.4 Å². The van der Waals surface area contributed by atoms with Gasteiger partial charge in [-0.2, -0.15) is 0 Å². The molecule has 4 aromatic carbocycles. The van der Waals surface area contributed by atoms with E-state index in [4.69, 9.17) is 18.9 Å². The van der Waals surface area contributed by atoms with E-state index in [0.717, 1.165) is 22.3 Å². The van der Waals surface area contributed by atoms with Gasteiger partial charge in [0.15, 0.2) is 6.29 Å². The Morgan fingerprint density at radius 2 is 1.18 bits per heavy atom. The molecule has 1 saturated heterocycles. The molecule has 0 radical (unpaired) electrons. The fourth-order valence-electron chi connectivity index (χ4n) is 5.14. The third-order valence-corrected chi connectivity index (χ3v) is 7.27. The van der Waals surface area contributed by atoms with E-state index in [-0.39, 0.29) is 13.2 Å². The molecule has 1 aliphatic rings. The van der Waals surface area contributed by atoms with Gasteiger partial charge >= 0.3 is 0 Å². The van der Waals surface area contributed by atoms with Crippen LogP contribution in [0.2, 0.25) is 0 Å². The van der Waals surface area contributed by atoms with Crippen molar-refractivity contribution in [2.45, 2.75) is 42.9 Å². The minimum atomic E-state index is -1.56. The molecule has 0 saturated carbocycles. The molecule has 7 nitrogen and oxygen atoms in total. The topological polar surface area (TPSA) is 97.6 Å². The summed E-state index contributed by atoms with van der Waals surface area (Å²) in [6, 6.07) is 36.8. The van der Waals surface area contributed by atoms with Crippen LogP contribution in [-0.4, -0.2) is 59.7 Å². The molecule has 0 unspecified atom stereocenters. The average molecular weight is 543 g/mol. The lowest BCUT2D eigenvalue weighted by Crippen LogP contribution is -2.60. The summed E-state index contributed by atoms with van der Waals surface area (Å²) in [7, 11) is 1.59. The van der Waals surface area contributed by atoms with Crippen molar-refractivity contribution in [2.24, 2.45) is 0 Å². The minimum Gasteiger partial charge on any atom is -0.497 e. The van der Waals surface area contributed by atoms with Crippen LogP contribution in [0.1, 0.15) is 22.3 Å². The Balaban J connectivity index is 1.42. The molecule has 0 aromatic heterocycles. The first kappa shape index (κ1) is 28.0. The van der Waals surface area contributed by atoms with Crippen molar-refractivity contribution in [3.8, 4) is 5.75 Å². The number of hydrogen-bond acceptors (Lipinski definition) is 7. The van der Waals surface area contributed by atoms with Gasteiger partial charge in [-0.15, -0.1) is 0 Å². The highest BCUT2D eigenvalue weighted by molar-refractivity contribution is 5.47. The number of aliphatic hydroxyl groups excluding tert-OH is 3. The van der Waals surface area contributed by atoms with Gasteiger partial charge in [-0.05, 0) is 34.4 Å². The van der Waals surface area contributed by atoms with Gasteiger partial charge in [0.05, 0.1) is 20.3 Å².